The highest BCUT2D eigenvalue weighted by molar-refractivity contribution is 6.40. The van der Waals surface area contributed by atoms with Gasteiger partial charge in [0.25, 0.3) is 0 Å². The number of halogens is 3. The van der Waals surface area contributed by atoms with Gasteiger partial charge in [-0.2, -0.15) is 18.3 Å². The standard InChI is InChI=1S/C20H20F3N7O3/c1-10-8-33-9-14(11-3-4-15(25-5-11)20(21,22)23)30(10)19(32)18(31)28-13-7-26-17(24)16-12(13)6-27-29(16)2/h3-7,10,14H,8-9H2,1-2H3,(H2,24,26)(H,28,31). The van der Waals surface area contributed by atoms with E-state index in [0.717, 1.165) is 12.3 Å². The Labute approximate surface area is 185 Å². The van der Waals surface area contributed by atoms with E-state index in [1.165, 1.54) is 28.0 Å². The maximum atomic E-state index is 13.1. The van der Waals surface area contributed by atoms with Crippen LogP contribution >= 0.6 is 0 Å². The van der Waals surface area contributed by atoms with Crippen molar-refractivity contribution in [3.8, 4) is 0 Å². The van der Waals surface area contributed by atoms with Gasteiger partial charge in [-0.15, -0.1) is 0 Å². The monoisotopic (exact) mass is 463 g/mol. The van der Waals surface area contributed by atoms with Crippen LogP contribution < -0.4 is 11.1 Å². The van der Waals surface area contributed by atoms with Crippen LogP contribution in [0.25, 0.3) is 10.9 Å². The minimum absolute atomic E-state index is 0.00663. The minimum atomic E-state index is -4.59. The fourth-order valence-electron chi connectivity index (χ4n) is 3.78. The number of nitrogens with zero attached hydrogens (tertiary/aromatic N) is 5. The Hall–Kier alpha value is -3.74. The van der Waals surface area contributed by atoms with Crippen LogP contribution in [0.2, 0.25) is 0 Å². The van der Waals surface area contributed by atoms with E-state index in [-0.39, 0.29) is 24.7 Å². The van der Waals surface area contributed by atoms with Crippen molar-refractivity contribution in [3.63, 3.8) is 0 Å². The average Bonchev–Trinajstić information content (AvgIpc) is 3.17. The Morgan fingerprint density at radius 3 is 2.61 bits per heavy atom. The van der Waals surface area contributed by atoms with Gasteiger partial charge in [0.2, 0.25) is 0 Å². The van der Waals surface area contributed by atoms with Crippen molar-refractivity contribution in [2.45, 2.75) is 25.2 Å². The van der Waals surface area contributed by atoms with E-state index in [1.807, 2.05) is 0 Å². The second kappa shape index (κ2) is 8.31. The zero-order chi connectivity index (χ0) is 23.9. The predicted octanol–water partition coefficient (Wildman–Crippen LogP) is 1.89. The van der Waals surface area contributed by atoms with Crippen LogP contribution in [0.1, 0.15) is 24.2 Å². The molecule has 0 aliphatic carbocycles. The summed E-state index contributed by atoms with van der Waals surface area (Å²) >= 11 is 0. The maximum absolute atomic E-state index is 13.1. The summed E-state index contributed by atoms with van der Waals surface area (Å²) in [6, 6.07) is 0.761. The lowest BCUT2D eigenvalue weighted by Gasteiger charge is -2.40. The lowest BCUT2D eigenvalue weighted by Crippen LogP contribution is -2.52. The highest BCUT2D eigenvalue weighted by Gasteiger charge is 2.38. The molecular weight excluding hydrogens is 443 g/mol. The topological polar surface area (TPSA) is 128 Å². The number of carbonyl (C=O) groups excluding carboxylic acids is 2. The molecule has 174 valence electrons. The van der Waals surface area contributed by atoms with Crippen LogP contribution in [0.3, 0.4) is 0 Å². The summed E-state index contributed by atoms with van der Waals surface area (Å²) in [6.07, 6.45) is -0.739. The summed E-state index contributed by atoms with van der Waals surface area (Å²) in [5, 5.41) is 7.14. The fraction of sp³-hybridized carbons (Fsp3) is 0.350. The zero-order valence-electron chi connectivity index (χ0n) is 17.6. The van der Waals surface area contributed by atoms with Gasteiger partial charge in [-0.05, 0) is 18.6 Å². The van der Waals surface area contributed by atoms with E-state index in [2.05, 4.69) is 20.4 Å². The van der Waals surface area contributed by atoms with E-state index in [9.17, 15) is 22.8 Å². The largest absolute Gasteiger partial charge is 0.433 e. The van der Waals surface area contributed by atoms with Crippen molar-refractivity contribution in [3.05, 3.63) is 42.0 Å². The Bertz CT molecular complexity index is 1210. The number of aromatic nitrogens is 4. The Morgan fingerprint density at radius 1 is 1.18 bits per heavy atom. The molecule has 4 heterocycles. The number of aryl methyl sites for hydroxylation is 1. The van der Waals surface area contributed by atoms with Crippen molar-refractivity contribution in [1.82, 2.24) is 24.6 Å². The Kier molecular flexibility index (Phi) is 5.66. The molecule has 1 saturated heterocycles. The summed E-state index contributed by atoms with van der Waals surface area (Å²) in [5.74, 6) is -1.60. The molecule has 4 rings (SSSR count). The van der Waals surface area contributed by atoms with E-state index in [4.69, 9.17) is 10.5 Å². The van der Waals surface area contributed by atoms with Crippen molar-refractivity contribution >= 4 is 34.2 Å². The molecule has 10 nitrogen and oxygen atoms in total. The molecule has 2 amide bonds. The number of carbonyl (C=O) groups is 2. The van der Waals surface area contributed by atoms with Gasteiger partial charge in [-0.1, -0.05) is 6.07 Å². The van der Waals surface area contributed by atoms with Gasteiger partial charge in [0.05, 0.1) is 43.4 Å². The number of amides is 2. The summed E-state index contributed by atoms with van der Waals surface area (Å²) in [5.41, 5.74) is 5.88. The molecule has 0 spiro atoms. The molecule has 1 aliphatic heterocycles. The van der Waals surface area contributed by atoms with Crippen LogP contribution in [-0.4, -0.2) is 55.7 Å². The van der Waals surface area contributed by atoms with Crippen LogP contribution in [0.5, 0.6) is 0 Å². The van der Waals surface area contributed by atoms with Crippen LogP contribution in [0, 0.1) is 0 Å². The zero-order valence-corrected chi connectivity index (χ0v) is 17.6. The molecule has 2 atom stereocenters. The number of ether oxygens (including phenoxy) is 1. The first kappa shape index (κ1) is 22.5. The third-order valence-corrected chi connectivity index (χ3v) is 5.39. The number of nitrogens with two attached hydrogens (primary N) is 1. The second-order valence-corrected chi connectivity index (χ2v) is 7.63. The van der Waals surface area contributed by atoms with Crippen molar-refractivity contribution in [1.29, 1.82) is 0 Å². The number of alkyl halides is 3. The normalized spacial score (nSPS) is 19.0. The summed E-state index contributed by atoms with van der Waals surface area (Å²) < 4.78 is 45.5. The number of nitrogen functional groups attached to an aromatic ring is 1. The van der Waals surface area contributed by atoms with Gasteiger partial charge in [-0.3, -0.25) is 19.3 Å². The SMILES string of the molecule is CC1COCC(c2ccc(C(F)(F)F)nc2)N1C(=O)C(=O)Nc1cnc(N)c2c1cnn2C. The number of hydrogen-bond donors (Lipinski definition) is 2. The number of hydrogen-bond acceptors (Lipinski definition) is 7. The van der Waals surface area contributed by atoms with E-state index in [1.54, 1.807) is 14.0 Å². The second-order valence-electron chi connectivity index (χ2n) is 7.63. The molecule has 13 heteroatoms. The maximum Gasteiger partial charge on any atom is 0.433 e. The van der Waals surface area contributed by atoms with Gasteiger partial charge in [0, 0.05) is 18.6 Å². The summed E-state index contributed by atoms with van der Waals surface area (Å²) in [7, 11) is 1.66. The number of fused-ring (bicyclic) bond motifs is 1. The minimum Gasteiger partial charge on any atom is -0.382 e. The number of anilines is 2. The molecular formula is C20H20F3N7O3. The lowest BCUT2D eigenvalue weighted by molar-refractivity contribution is -0.153. The van der Waals surface area contributed by atoms with E-state index >= 15 is 0 Å². The van der Waals surface area contributed by atoms with Crippen molar-refractivity contribution < 1.29 is 27.5 Å². The van der Waals surface area contributed by atoms with Gasteiger partial charge in [0.15, 0.2) is 0 Å². The molecule has 3 N–H and O–H groups in total. The average molecular weight is 463 g/mol. The van der Waals surface area contributed by atoms with E-state index < -0.39 is 35.8 Å². The first-order valence-electron chi connectivity index (χ1n) is 9.88. The summed E-state index contributed by atoms with van der Waals surface area (Å²) in [6.45, 7) is 1.85. The number of pyridine rings is 2. The van der Waals surface area contributed by atoms with Gasteiger partial charge in [-0.25, -0.2) is 4.98 Å². The Morgan fingerprint density at radius 2 is 1.94 bits per heavy atom. The van der Waals surface area contributed by atoms with Crippen molar-refractivity contribution in [2.75, 3.05) is 24.3 Å². The molecule has 33 heavy (non-hydrogen) atoms. The number of morpholine rings is 1. The molecule has 0 radical (unpaired) electrons. The first-order chi connectivity index (χ1) is 15.6. The van der Waals surface area contributed by atoms with Crippen LogP contribution in [0.15, 0.2) is 30.7 Å². The van der Waals surface area contributed by atoms with Gasteiger partial charge < -0.3 is 20.7 Å². The molecule has 1 aliphatic rings. The molecule has 3 aromatic rings. The van der Waals surface area contributed by atoms with Crippen molar-refractivity contribution in [2.24, 2.45) is 7.05 Å². The molecule has 1 fully saturated rings. The third-order valence-electron chi connectivity index (χ3n) is 5.39. The third kappa shape index (κ3) is 4.18. The quantitative estimate of drug-likeness (QED) is 0.556. The first-order valence-corrected chi connectivity index (χ1v) is 9.88. The van der Waals surface area contributed by atoms with E-state index in [0.29, 0.717) is 16.5 Å². The highest BCUT2D eigenvalue weighted by Crippen LogP contribution is 2.32. The molecule has 0 aromatic carbocycles. The smallest absolute Gasteiger partial charge is 0.382 e. The summed E-state index contributed by atoms with van der Waals surface area (Å²) in [4.78, 5) is 34.8. The molecule has 3 aromatic heterocycles. The predicted molar refractivity (Wildman–Crippen MR) is 111 cm³/mol. The Balaban J connectivity index is 1.60. The molecule has 2 unspecified atom stereocenters. The fourth-order valence-corrected chi connectivity index (χ4v) is 3.78. The highest BCUT2D eigenvalue weighted by atomic mass is 19.4. The molecule has 0 bridgehead atoms. The number of rotatable bonds is 2. The van der Waals surface area contributed by atoms with Crippen LogP contribution in [0.4, 0.5) is 24.7 Å². The number of nitrogens with one attached hydrogen (secondary N) is 1. The lowest BCUT2D eigenvalue weighted by atomic mass is 10.0. The molecule has 0 saturated carbocycles. The van der Waals surface area contributed by atoms with Gasteiger partial charge in [0.1, 0.15) is 17.0 Å². The van der Waals surface area contributed by atoms with Crippen LogP contribution in [-0.2, 0) is 27.5 Å². The van der Waals surface area contributed by atoms with Gasteiger partial charge >= 0.3 is 18.0 Å².